The van der Waals surface area contributed by atoms with Crippen LogP contribution in [0.15, 0.2) is 84.9 Å². The first kappa shape index (κ1) is 23.8. The van der Waals surface area contributed by atoms with Crippen molar-refractivity contribution in [3.05, 3.63) is 102 Å². The highest BCUT2D eigenvalue weighted by atomic mass is 16.5. The molecule has 0 unspecified atom stereocenters. The van der Waals surface area contributed by atoms with Crippen LogP contribution in [0, 0.1) is 0 Å². The molecule has 0 aliphatic heterocycles. The molecule has 0 spiro atoms. The second-order valence-electron chi connectivity index (χ2n) is 7.81. The molecule has 0 aliphatic carbocycles. The van der Waals surface area contributed by atoms with Crippen LogP contribution in [0.4, 0.5) is 0 Å². The van der Waals surface area contributed by atoms with Crippen LogP contribution >= 0.6 is 0 Å². The zero-order chi connectivity index (χ0) is 22.6. The molecule has 32 heavy (non-hydrogen) atoms. The van der Waals surface area contributed by atoms with E-state index < -0.39 is 0 Å². The molecular formula is C29H35NO2. The molecule has 3 aromatic carbocycles. The van der Waals surface area contributed by atoms with Gasteiger partial charge >= 0.3 is 0 Å². The van der Waals surface area contributed by atoms with E-state index in [0.29, 0.717) is 6.61 Å². The number of nitrogens with zero attached hydrogens (tertiary/aromatic N) is 1. The molecule has 0 aromatic heterocycles. The summed E-state index contributed by atoms with van der Waals surface area (Å²) >= 11 is 0. The smallest absolute Gasteiger partial charge is 0.119 e. The minimum atomic E-state index is 0.178. The molecule has 3 heteroatoms. The number of aliphatic hydroxyl groups excluding tert-OH is 1. The molecule has 0 fully saturated rings. The summed E-state index contributed by atoms with van der Waals surface area (Å²) < 4.78 is 6.00. The molecule has 3 nitrogen and oxygen atoms in total. The van der Waals surface area contributed by atoms with E-state index in [1.807, 2.05) is 12.1 Å². The van der Waals surface area contributed by atoms with E-state index in [0.717, 1.165) is 43.8 Å². The molecule has 0 atom stereocenters. The Bertz CT molecular complexity index is 945. The fourth-order valence-electron chi connectivity index (χ4n) is 3.98. The summed E-state index contributed by atoms with van der Waals surface area (Å²) in [4.78, 5) is 2.36. The van der Waals surface area contributed by atoms with Gasteiger partial charge in [0.15, 0.2) is 0 Å². The quantitative estimate of drug-likeness (QED) is 0.351. The fourth-order valence-corrected chi connectivity index (χ4v) is 3.98. The second-order valence-corrected chi connectivity index (χ2v) is 7.81. The largest absolute Gasteiger partial charge is 0.492 e. The van der Waals surface area contributed by atoms with E-state index in [1.165, 1.54) is 22.3 Å². The number of hydrogen-bond donors (Lipinski definition) is 1. The highest BCUT2D eigenvalue weighted by Crippen LogP contribution is 2.35. The molecule has 0 amide bonds. The minimum Gasteiger partial charge on any atom is -0.492 e. The van der Waals surface area contributed by atoms with Gasteiger partial charge in [-0.1, -0.05) is 86.6 Å². The van der Waals surface area contributed by atoms with Crippen LogP contribution in [0.25, 0.3) is 11.1 Å². The van der Waals surface area contributed by atoms with E-state index >= 15 is 0 Å². The van der Waals surface area contributed by atoms with Gasteiger partial charge in [-0.05, 0) is 65.9 Å². The Morgan fingerprint density at radius 3 is 1.88 bits per heavy atom. The van der Waals surface area contributed by atoms with Crippen molar-refractivity contribution in [1.29, 1.82) is 0 Å². The summed E-state index contributed by atoms with van der Waals surface area (Å²) in [5.74, 6) is 0.893. The normalized spacial score (nSPS) is 12.0. The maximum atomic E-state index is 9.54. The summed E-state index contributed by atoms with van der Waals surface area (Å²) in [5.41, 5.74) is 5.99. The van der Waals surface area contributed by atoms with Gasteiger partial charge < -0.3 is 14.7 Å². The third kappa shape index (κ3) is 6.56. The second kappa shape index (κ2) is 12.8. The number of ether oxygens (including phenoxy) is 1. The Morgan fingerprint density at radius 2 is 1.31 bits per heavy atom. The summed E-state index contributed by atoms with van der Waals surface area (Å²) in [6.45, 7) is 8.24. The average Bonchev–Trinajstić information content (AvgIpc) is 2.86. The number of allylic oxidation sites excluding steroid dienone is 1. The zero-order valence-corrected chi connectivity index (χ0v) is 19.3. The number of likely N-dealkylation sites (N-methyl/N-ethyl adjacent to an activating group) is 1. The van der Waals surface area contributed by atoms with Gasteiger partial charge in [-0.3, -0.25) is 0 Å². The van der Waals surface area contributed by atoms with Crippen molar-refractivity contribution in [2.75, 3.05) is 32.8 Å². The van der Waals surface area contributed by atoms with Gasteiger partial charge in [0.25, 0.3) is 0 Å². The maximum absolute atomic E-state index is 9.54. The molecule has 0 aliphatic rings. The standard InChI is InChI=1S/C29H35NO2/c1-3-30(4-2)21-23-32-27-19-17-26(18-20-27)29(25-14-9-6-10-15-25)28(16-11-22-31)24-12-7-5-8-13-24/h5-10,12-15,17-20,31H,3-4,11,16,21-23H2,1-2H3/b29-28+. The Labute approximate surface area is 193 Å². The Morgan fingerprint density at radius 1 is 0.750 bits per heavy atom. The molecule has 3 rings (SSSR count). The average molecular weight is 430 g/mol. The molecule has 3 aromatic rings. The molecule has 0 radical (unpaired) electrons. The van der Waals surface area contributed by atoms with Crippen molar-refractivity contribution in [2.24, 2.45) is 0 Å². The summed E-state index contributed by atoms with van der Waals surface area (Å²) in [6.07, 6.45) is 1.54. The van der Waals surface area contributed by atoms with Gasteiger partial charge in [-0.15, -0.1) is 0 Å². The molecule has 0 heterocycles. The summed E-state index contributed by atoms with van der Waals surface area (Å²) in [6, 6.07) is 29.4. The first-order valence-electron chi connectivity index (χ1n) is 11.7. The molecule has 0 saturated carbocycles. The third-order valence-corrected chi connectivity index (χ3v) is 5.79. The Balaban J connectivity index is 1.95. The molecule has 0 saturated heterocycles. The van der Waals surface area contributed by atoms with Crippen LogP contribution in [0.5, 0.6) is 5.75 Å². The highest BCUT2D eigenvalue weighted by molar-refractivity contribution is 5.98. The topological polar surface area (TPSA) is 32.7 Å². The van der Waals surface area contributed by atoms with Gasteiger partial charge in [0.1, 0.15) is 12.4 Å². The van der Waals surface area contributed by atoms with Gasteiger partial charge in [0.2, 0.25) is 0 Å². The number of rotatable bonds is 12. The SMILES string of the molecule is CCN(CC)CCOc1ccc(/C(=C(\CCCO)c2ccccc2)c2ccccc2)cc1. The number of aliphatic hydroxyl groups is 1. The van der Waals surface area contributed by atoms with Crippen LogP contribution in [0.1, 0.15) is 43.4 Å². The van der Waals surface area contributed by atoms with Crippen molar-refractivity contribution in [1.82, 2.24) is 4.90 Å². The monoisotopic (exact) mass is 429 g/mol. The van der Waals surface area contributed by atoms with Crippen LogP contribution in [-0.2, 0) is 0 Å². The van der Waals surface area contributed by atoms with Gasteiger partial charge in [0, 0.05) is 13.2 Å². The predicted octanol–water partition coefficient (Wildman–Crippen LogP) is 6.14. The molecule has 0 bridgehead atoms. The minimum absolute atomic E-state index is 0.178. The lowest BCUT2D eigenvalue weighted by atomic mass is 9.87. The van der Waals surface area contributed by atoms with Gasteiger partial charge in [-0.2, -0.15) is 0 Å². The lowest BCUT2D eigenvalue weighted by Gasteiger charge is -2.19. The van der Waals surface area contributed by atoms with E-state index in [9.17, 15) is 5.11 Å². The number of benzene rings is 3. The Kier molecular flexibility index (Phi) is 9.55. The molecular weight excluding hydrogens is 394 g/mol. The van der Waals surface area contributed by atoms with Crippen molar-refractivity contribution >= 4 is 11.1 Å². The van der Waals surface area contributed by atoms with E-state index in [4.69, 9.17) is 4.74 Å². The van der Waals surface area contributed by atoms with Crippen molar-refractivity contribution in [2.45, 2.75) is 26.7 Å². The predicted molar refractivity (Wildman–Crippen MR) is 135 cm³/mol. The van der Waals surface area contributed by atoms with Gasteiger partial charge in [0.05, 0.1) is 0 Å². The zero-order valence-electron chi connectivity index (χ0n) is 19.3. The maximum Gasteiger partial charge on any atom is 0.119 e. The summed E-state index contributed by atoms with van der Waals surface area (Å²) in [7, 11) is 0. The van der Waals surface area contributed by atoms with Crippen molar-refractivity contribution < 1.29 is 9.84 Å². The lowest BCUT2D eigenvalue weighted by Crippen LogP contribution is -2.27. The fraction of sp³-hybridized carbons (Fsp3) is 0.310. The van der Waals surface area contributed by atoms with E-state index in [2.05, 4.69) is 91.5 Å². The first-order chi connectivity index (χ1) is 15.8. The van der Waals surface area contributed by atoms with Crippen molar-refractivity contribution in [3.63, 3.8) is 0 Å². The van der Waals surface area contributed by atoms with E-state index in [-0.39, 0.29) is 6.61 Å². The van der Waals surface area contributed by atoms with Crippen LogP contribution in [-0.4, -0.2) is 42.9 Å². The van der Waals surface area contributed by atoms with Gasteiger partial charge in [-0.25, -0.2) is 0 Å². The summed E-state index contributed by atoms with van der Waals surface area (Å²) in [5, 5.41) is 9.54. The Hall–Kier alpha value is -2.88. The number of hydrogen-bond acceptors (Lipinski definition) is 3. The highest BCUT2D eigenvalue weighted by Gasteiger charge is 2.14. The molecule has 1 N–H and O–H groups in total. The van der Waals surface area contributed by atoms with Crippen LogP contribution in [0.2, 0.25) is 0 Å². The van der Waals surface area contributed by atoms with Crippen molar-refractivity contribution in [3.8, 4) is 5.75 Å². The van der Waals surface area contributed by atoms with Crippen LogP contribution < -0.4 is 4.74 Å². The first-order valence-corrected chi connectivity index (χ1v) is 11.7. The lowest BCUT2D eigenvalue weighted by molar-refractivity contribution is 0.223. The van der Waals surface area contributed by atoms with E-state index in [1.54, 1.807) is 0 Å². The van der Waals surface area contributed by atoms with Crippen LogP contribution in [0.3, 0.4) is 0 Å². The third-order valence-electron chi connectivity index (χ3n) is 5.79. The molecule has 168 valence electrons.